The normalized spacial score (nSPS) is 22.6. The first kappa shape index (κ1) is 19.6. The molecule has 6 nitrogen and oxygen atoms in total. The molecule has 0 spiro atoms. The number of fused-ring (bicyclic) bond motifs is 1. The van der Waals surface area contributed by atoms with Crippen LogP contribution in [0.15, 0.2) is 21.7 Å². The summed E-state index contributed by atoms with van der Waals surface area (Å²) in [6.45, 7) is 2.53. The minimum Gasteiger partial charge on any atom is -0.315 e. The molecule has 28 heavy (non-hydrogen) atoms. The van der Waals surface area contributed by atoms with E-state index >= 15 is 0 Å². The Kier molecular flexibility index (Phi) is 5.31. The summed E-state index contributed by atoms with van der Waals surface area (Å²) in [6, 6.07) is 4.76. The molecule has 0 aromatic carbocycles. The summed E-state index contributed by atoms with van der Waals surface area (Å²) in [5.41, 5.74) is 1.60. The van der Waals surface area contributed by atoms with Gasteiger partial charge in [-0.15, -0.1) is 22.7 Å². The molecule has 1 amide bonds. The van der Waals surface area contributed by atoms with Crippen molar-refractivity contribution in [2.45, 2.75) is 49.3 Å². The molecule has 3 heterocycles. The predicted octanol–water partition coefficient (Wildman–Crippen LogP) is 3.60. The molecule has 0 saturated carbocycles. The summed E-state index contributed by atoms with van der Waals surface area (Å²) >= 11 is 2.62. The van der Waals surface area contributed by atoms with Crippen LogP contribution in [0.1, 0.15) is 42.2 Å². The van der Waals surface area contributed by atoms with Crippen LogP contribution in [0.5, 0.6) is 0 Å². The zero-order valence-electron chi connectivity index (χ0n) is 15.5. The fraction of sp³-hybridized carbons (Fsp3) is 0.474. The standard InChI is InChI=1S/C19H21N3O3S3/c1-12-6-7-13-14(11-20)19(27-16(13)10-12)21-18(23)15-4-2-8-22(15)28(24,25)17-5-3-9-26-17/h3,5,9,12,15H,2,4,6-8,10H2,1H3,(H,21,23)/t12-,15-/m1/s1. The molecular weight excluding hydrogens is 414 g/mol. The van der Waals surface area contributed by atoms with Gasteiger partial charge in [-0.3, -0.25) is 4.79 Å². The second-order valence-corrected chi connectivity index (χ2v) is 11.5. The number of sulfonamides is 1. The highest BCUT2D eigenvalue weighted by Gasteiger charge is 2.40. The van der Waals surface area contributed by atoms with E-state index in [2.05, 4.69) is 18.3 Å². The van der Waals surface area contributed by atoms with E-state index in [1.165, 1.54) is 20.5 Å². The van der Waals surface area contributed by atoms with Crippen molar-refractivity contribution in [3.63, 3.8) is 0 Å². The molecule has 9 heteroatoms. The Bertz CT molecular complexity index is 1030. The summed E-state index contributed by atoms with van der Waals surface area (Å²) in [6.07, 6.45) is 3.95. The quantitative estimate of drug-likeness (QED) is 0.794. The number of hydrogen-bond acceptors (Lipinski definition) is 6. The molecule has 2 aliphatic rings. The van der Waals surface area contributed by atoms with Crippen LogP contribution in [0.4, 0.5) is 5.00 Å². The zero-order valence-corrected chi connectivity index (χ0v) is 17.9. The largest absolute Gasteiger partial charge is 0.315 e. The molecule has 148 valence electrons. The molecule has 1 aliphatic heterocycles. The molecule has 1 N–H and O–H groups in total. The van der Waals surface area contributed by atoms with Crippen LogP contribution in [0, 0.1) is 17.2 Å². The maximum absolute atomic E-state index is 13.0. The Hall–Kier alpha value is -1.73. The number of nitriles is 1. The minimum atomic E-state index is -3.68. The van der Waals surface area contributed by atoms with Crippen molar-refractivity contribution >= 4 is 43.6 Å². The van der Waals surface area contributed by atoms with Gasteiger partial charge in [0.05, 0.1) is 5.56 Å². The lowest BCUT2D eigenvalue weighted by molar-refractivity contribution is -0.119. The summed E-state index contributed by atoms with van der Waals surface area (Å²) < 4.78 is 27.3. The number of carbonyl (C=O) groups excluding carboxylic acids is 1. The van der Waals surface area contributed by atoms with Gasteiger partial charge in [0, 0.05) is 11.4 Å². The van der Waals surface area contributed by atoms with Gasteiger partial charge in [0.25, 0.3) is 10.0 Å². The zero-order chi connectivity index (χ0) is 19.9. The molecule has 0 radical (unpaired) electrons. The predicted molar refractivity (Wildman–Crippen MR) is 110 cm³/mol. The third kappa shape index (κ3) is 3.39. The van der Waals surface area contributed by atoms with E-state index in [1.54, 1.807) is 17.5 Å². The van der Waals surface area contributed by atoms with E-state index < -0.39 is 16.1 Å². The van der Waals surface area contributed by atoms with Crippen LogP contribution in [0.3, 0.4) is 0 Å². The number of nitrogens with one attached hydrogen (secondary N) is 1. The first-order valence-electron chi connectivity index (χ1n) is 9.32. The van der Waals surface area contributed by atoms with Gasteiger partial charge in [-0.05, 0) is 55.0 Å². The molecule has 1 fully saturated rings. The van der Waals surface area contributed by atoms with Gasteiger partial charge in [0.2, 0.25) is 5.91 Å². The number of rotatable bonds is 4. The first-order valence-corrected chi connectivity index (χ1v) is 12.5. The minimum absolute atomic E-state index is 0.255. The molecule has 0 bridgehead atoms. The van der Waals surface area contributed by atoms with E-state index in [0.717, 1.165) is 36.2 Å². The van der Waals surface area contributed by atoms with E-state index in [9.17, 15) is 18.5 Å². The Labute approximate surface area is 172 Å². The molecule has 2 aromatic heterocycles. The number of carbonyl (C=O) groups is 1. The molecule has 2 aromatic rings. The molecule has 0 unspecified atom stereocenters. The highest BCUT2D eigenvalue weighted by atomic mass is 32.2. The smallest absolute Gasteiger partial charge is 0.253 e. The first-order chi connectivity index (χ1) is 13.4. The van der Waals surface area contributed by atoms with Crippen LogP contribution in [0.25, 0.3) is 0 Å². The van der Waals surface area contributed by atoms with Gasteiger partial charge in [-0.25, -0.2) is 8.42 Å². The molecule has 1 saturated heterocycles. The number of anilines is 1. The van der Waals surface area contributed by atoms with Gasteiger partial charge >= 0.3 is 0 Å². The van der Waals surface area contributed by atoms with Gasteiger partial charge in [0.1, 0.15) is 21.3 Å². The van der Waals surface area contributed by atoms with Gasteiger partial charge in [0.15, 0.2) is 0 Å². The Morgan fingerprint density at radius 1 is 1.39 bits per heavy atom. The second-order valence-electron chi connectivity index (χ2n) is 7.36. The summed E-state index contributed by atoms with van der Waals surface area (Å²) in [5.74, 6) is 0.225. The average molecular weight is 436 g/mol. The Balaban J connectivity index is 1.58. The van der Waals surface area contributed by atoms with Crippen molar-refractivity contribution in [2.75, 3.05) is 11.9 Å². The van der Waals surface area contributed by atoms with Gasteiger partial charge in [-0.1, -0.05) is 13.0 Å². The number of hydrogen-bond donors (Lipinski definition) is 1. The van der Waals surface area contributed by atoms with E-state index in [4.69, 9.17) is 0 Å². The summed E-state index contributed by atoms with van der Waals surface area (Å²) in [5, 5.41) is 14.8. The van der Waals surface area contributed by atoms with Gasteiger partial charge in [-0.2, -0.15) is 9.57 Å². The lowest BCUT2D eigenvalue weighted by Gasteiger charge is -2.22. The van der Waals surface area contributed by atoms with Crippen molar-refractivity contribution in [1.29, 1.82) is 5.26 Å². The SMILES string of the molecule is C[C@@H]1CCc2c(sc(NC(=O)[C@H]3CCCN3S(=O)(=O)c3cccs3)c2C#N)C1. The van der Waals surface area contributed by atoms with Crippen molar-refractivity contribution in [2.24, 2.45) is 5.92 Å². The maximum atomic E-state index is 13.0. The maximum Gasteiger partial charge on any atom is 0.253 e. The molecule has 1 aliphatic carbocycles. The highest BCUT2D eigenvalue weighted by Crippen LogP contribution is 2.39. The number of nitrogens with zero attached hydrogens (tertiary/aromatic N) is 2. The van der Waals surface area contributed by atoms with Crippen LogP contribution in [-0.2, 0) is 27.7 Å². The lowest BCUT2D eigenvalue weighted by Crippen LogP contribution is -2.42. The fourth-order valence-electron chi connectivity index (χ4n) is 3.97. The summed E-state index contributed by atoms with van der Waals surface area (Å²) in [4.78, 5) is 14.1. The van der Waals surface area contributed by atoms with Crippen molar-refractivity contribution < 1.29 is 13.2 Å². The monoisotopic (exact) mass is 435 g/mol. The van der Waals surface area contributed by atoms with E-state index in [0.29, 0.717) is 35.9 Å². The molecule has 4 rings (SSSR count). The van der Waals surface area contributed by atoms with Crippen LogP contribution >= 0.6 is 22.7 Å². The molecule has 2 atom stereocenters. The topological polar surface area (TPSA) is 90.3 Å². The van der Waals surface area contributed by atoms with Crippen LogP contribution < -0.4 is 5.32 Å². The third-order valence-electron chi connectivity index (χ3n) is 5.42. The van der Waals surface area contributed by atoms with E-state index in [-0.39, 0.29) is 10.1 Å². The Morgan fingerprint density at radius 2 is 2.21 bits per heavy atom. The fourth-order valence-corrected chi connectivity index (χ4v) is 8.11. The highest BCUT2D eigenvalue weighted by molar-refractivity contribution is 7.91. The Morgan fingerprint density at radius 3 is 2.93 bits per heavy atom. The number of amides is 1. The van der Waals surface area contributed by atoms with Crippen molar-refractivity contribution in [3.05, 3.63) is 33.5 Å². The van der Waals surface area contributed by atoms with Crippen molar-refractivity contribution in [3.8, 4) is 6.07 Å². The van der Waals surface area contributed by atoms with E-state index in [1.807, 2.05) is 0 Å². The average Bonchev–Trinajstić information content (AvgIpc) is 3.40. The summed E-state index contributed by atoms with van der Waals surface area (Å²) in [7, 11) is -3.68. The number of thiophene rings is 2. The van der Waals surface area contributed by atoms with Crippen molar-refractivity contribution in [1.82, 2.24) is 4.31 Å². The van der Waals surface area contributed by atoms with Crippen LogP contribution in [0.2, 0.25) is 0 Å². The van der Waals surface area contributed by atoms with Crippen LogP contribution in [-0.4, -0.2) is 31.2 Å². The third-order valence-corrected chi connectivity index (χ3v) is 9.88. The lowest BCUT2D eigenvalue weighted by atomic mass is 9.88. The van der Waals surface area contributed by atoms with Gasteiger partial charge < -0.3 is 5.32 Å². The second kappa shape index (κ2) is 7.59. The molecular formula is C19H21N3O3S3.